The van der Waals surface area contributed by atoms with E-state index in [1.165, 1.54) is 18.4 Å². The average Bonchev–Trinajstić information content (AvgIpc) is 2.37. The smallest absolute Gasteiger partial charge is 0.0271 e. The highest BCUT2D eigenvalue weighted by Gasteiger charge is 2.23. The largest absolute Gasteiger partial charge is 0.330 e. The van der Waals surface area contributed by atoms with Gasteiger partial charge >= 0.3 is 0 Å². The fraction of sp³-hybridized carbons (Fsp3) is 0.706. The van der Waals surface area contributed by atoms with Crippen molar-refractivity contribution in [2.24, 2.45) is 17.1 Å². The molecular formula is C17H31N3. The molecule has 20 heavy (non-hydrogen) atoms. The van der Waals surface area contributed by atoms with Crippen molar-refractivity contribution in [3.8, 4) is 0 Å². The molecular weight excluding hydrogens is 246 g/mol. The van der Waals surface area contributed by atoms with Crippen LogP contribution in [0.5, 0.6) is 0 Å². The zero-order chi connectivity index (χ0) is 15.0. The second kappa shape index (κ2) is 8.38. The van der Waals surface area contributed by atoms with Crippen LogP contribution in [0.2, 0.25) is 0 Å². The Morgan fingerprint density at radius 1 is 1.20 bits per heavy atom. The number of hydrogen-bond acceptors (Lipinski definition) is 3. The predicted octanol–water partition coefficient (Wildman–Crippen LogP) is 3.30. The van der Waals surface area contributed by atoms with Crippen molar-refractivity contribution in [2.45, 2.75) is 46.6 Å². The van der Waals surface area contributed by atoms with Crippen LogP contribution >= 0.6 is 0 Å². The Morgan fingerprint density at radius 2 is 1.85 bits per heavy atom. The standard InChI is InChI=1S/C17H31N3/c1-17(2,3)16(7-10-18)6-5-13-20(4)14-15-8-11-19-12-9-15/h8-9,11-12,16H,5-7,10,13-14,18H2,1-4H3. The van der Waals surface area contributed by atoms with Gasteiger partial charge in [-0.1, -0.05) is 20.8 Å². The molecule has 0 fully saturated rings. The molecule has 1 unspecified atom stereocenters. The van der Waals surface area contributed by atoms with Crippen LogP contribution in [0.3, 0.4) is 0 Å². The highest BCUT2D eigenvalue weighted by Crippen LogP contribution is 2.32. The van der Waals surface area contributed by atoms with E-state index in [1.54, 1.807) is 0 Å². The van der Waals surface area contributed by atoms with E-state index in [0.29, 0.717) is 5.41 Å². The van der Waals surface area contributed by atoms with Gasteiger partial charge in [0.05, 0.1) is 0 Å². The summed E-state index contributed by atoms with van der Waals surface area (Å²) in [5, 5.41) is 0. The molecule has 0 bridgehead atoms. The fourth-order valence-electron chi connectivity index (χ4n) is 2.70. The number of nitrogens with zero attached hydrogens (tertiary/aromatic N) is 2. The lowest BCUT2D eigenvalue weighted by Gasteiger charge is -2.31. The molecule has 0 saturated heterocycles. The average molecular weight is 277 g/mol. The first-order chi connectivity index (χ1) is 9.43. The summed E-state index contributed by atoms with van der Waals surface area (Å²) in [5.74, 6) is 0.724. The number of aromatic nitrogens is 1. The van der Waals surface area contributed by atoms with Crippen molar-refractivity contribution in [3.63, 3.8) is 0 Å². The second-order valence-electron chi connectivity index (χ2n) is 6.88. The van der Waals surface area contributed by atoms with E-state index in [1.807, 2.05) is 12.4 Å². The predicted molar refractivity (Wildman–Crippen MR) is 86.4 cm³/mol. The van der Waals surface area contributed by atoms with Crippen molar-refractivity contribution in [2.75, 3.05) is 20.1 Å². The monoisotopic (exact) mass is 277 g/mol. The van der Waals surface area contributed by atoms with Crippen molar-refractivity contribution >= 4 is 0 Å². The van der Waals surface area contributed by atoms with Crippen molar-refractivity contribution in [3.05, 3.63) is 30.1 Å². The Bertz CT molecular complexity index is 356. The molecule has 0 amide bonds. The van der Waals surface area contributed by atoms with E-state index in [9.17, 15) is 0 Å². The normalized spacial score (nSPS) is 13.7. The van der Waals surface area contributed by atoms with Gasteiger partial charge in [-0.2, -0.15) is 0 Å². The van der Waals surface area contributed by atoms with Crippen molar-refractivity contribution < 1.29 is 0 Å². The summed E-state index contributed by atoms with van der Waals surface area (Å²) in [6.07, 6.45) is 7.36. The first kappa shape index (κ1) is 17.1. The third kappa shape index (κ3) is 6.49. The lowest BCUT2D eigenvalue weighted by atomic mass is 9.76. The Kier molecular flexibility index (Phi) is 7.17. The van der Waals surface area contributed by atoms with E-state index < -0.39 is 0 Å². The van der Waals surface area contributed by atoms with Crippen molar-refractivity contribution in [1.29, 1.82) is 0 Å². The van der Waals surface area contributed by atoms with Gasteiger partial charge in [0.1, 0.15) is 0 Å². The summed E-state index contributed by atoms with van der Waals surface area (Å²) in [6, 6.07) is 4.17. The molecule has 3 heteroatoms. The SMILES string of the molecule is CN(CCCC(CCN)C(C)(C)C)Cc1ccncc1. The van der Waals surface area contributed by atoms with Gasteiger partial charge in [-0.3, -0.25) is 4.98 Å². The molecule has 2 N–H and O–H groups in total. The van der Waals surface area contributed by atoms with Crippen LogP contribution in [0.1, 0.15) is 45.6 Å². The second-order valence-corrected chi connectivity index (χ2v) is 6.88. The molecule has 0 spiro atoms. The molecule has 3 nitrogen and oxygen atoms in total. The zero-order valence-corrected chi connectivity index (χ0v) is 13.6. The maximum absolute atomic E-state index is 5.74. The Labute approximate surface area is 124 Å². The van der Waals surface area contributed by atoms with Crippen molar-refractivity contribution in [1.82, 2.24) is 9.88 Å². The summed E-state index contributed by atoms with van der Waals surface area (Å²) in [6.45, 7) is 9.92. The molecule has 0 radical (unpaired) electrons. The van der Waals surface area contributed by atoms with E-state index in [4.69, 9.17) is 5.73 Å². The Morgan fingerprint density at radius 3 is 2.40 bits per heavy atom. The van der Waals surface area contributed by atoms with Gasteiger partial charge in [0.2, 0.25) is 0 Å². The first-order valence-electron chi connectivity index (χ1n) is 7.71. The summed E-state index contributed by atoms with van der Waals surface area (Å²) >= 11 is 0. The van der Waals surface area contributed by atoms with Gasteiger partial charge in [0.15, 0.2) is 0 Å². The molecule has 0 saturated carbocycles. The van der Waals surface area contributed by atoms with E-state index in [-0.39, 0.29) is 0 Å². The lowest BCUT2D eigenvalue weighted by Crippen LogP contribution is -2.25. The summed E-state index contributed by atoms with van der Waals surface area (Å²) in [4.78, 5) is 6.44. The molecule has 0 aliphatic heterocycles. The van der Waals surface area contributed by atoms with Crippen LogP contribution < -0.4 is 5.73 Å². The molecule has 0 aliphatic carbocycles. The molecule has 0 aliphatic rings. The minimum Gasteiger partial charge on any atom is -0.330 e. The minimum atomic E-state index is 0.364. The number of nitrogens with two attached hydrogens (primary N) is 1. The highest BCUT2D eigenvalue weighted by atomic mass is 15.1. The molecule has 1 aromatic heterocycles. The molecule has 1 rings (SSSR count). The van der Waals surface area contributed by atoms with Crippen LogP contribution in [-0.4, -0.2) is 30.0 Å². The quantitative estimate of drug-likeness (QED) is 0.792. The minimum absolute atomic E-state index is 0.364. The van der Waals surface area contributed by atoms with Gasteiger partial charge in [0.25, 0.3) is 0 Å². The Hall–Kier alpha value is -0.930. The first-order valence-corrected chi connectivity index (χ1v) is 7.71. The molecule has 1 aromatic rings. The van der Waals surface area contributed by atoms with Gasteiger partial charge in [-0.05, 0) is 68.4 Å². The Balaban J connectivity index is 2.31. The summed E-state index contributed by atoms with van der Waals surface area (Å²) in [7, 11) is 2.19. The van der Waals surface area contributed by atoms with Crippen LogP contribution in [-0.2, 0) is 6.54 Å². The summed E-state index contributed by atoms with van der Waals surface area (Å²) < 4.78 is 0. The van der Waals surface area contributed by atoms with Gasteiger partial charge in [-0.25, -0.2) is 0 Å². The molecule has 1 atom stereocenters. The topological polar surface area (TPSA) is 42.1 Å². The maximum Gasteiger partial charge on any atom is 0.0271 e. The number of pyridine rings is 1. The van der Waals surface area contributed by atoms with Crippen LogP contribution in [0.4, 0.5) is 0 Å². The van der Waals surface area contributed by atoms with Gasteiger partial charge < -0.3 is 10.6 Å². The van der Waals surface area contributed by atoms with E-state index in [0.717, 1.165) is 32.0 Å². The van der Waals surface area contributed by atoms with E-state index in [2.05, 4.69) is 49.8 Å². The van der Waals surface area contributed by atoms with E-state index >= 15 is 0 Å². The maximum atomic E-state index is 5.74. The van der Waals surface area contributed by atoms with Crippen LogP contribution in [0.15, 0.2) is 24.5 Å². The zero-order valence-electron chi connectivity index (χ0n) is 13.6. The number of rotatable bonds is 8. The molecule has 1 heterocycles. The third-order valence-corrected chi connectivity index (χ3v) is 4.03. The fourth-order valence-corrected chi connectivity index (χ4v) is 2.70. The number of hydrogen-bond donors (Lipinski definition) is 1. The third-order valence-electron chi connectivity index (χ3n) is 4.03. The lowest BCUT2D eigenvalue weighted by molar-refractivity contribution is 0.199. The molecule has 114 valence electrons. The summed E-state index contributed by atoms with van der Waals surface area (Å²) in [5.41, 5.74) is 7.44. The van der Waals surface area contributed by atoms with Gasteiger partial charge in [-0.15, -0.1) is 0 Å². The highest BCUT2D eigenvalue weighted by molar-refractivity contribution is 5.09. The molecule has 0 aromatic carbocycles. The van der Waals surface area contributed by atoms with Crippen LogP contribution in [0.25, 0.3) is 0 Å². The van der Waals surface area contributed by atoms with Gasteiger partial charge in [0, 0.05) is 18.9 Å². The van der Waals surface area contributed by atoms with Crippen LogP contribution in [0, 0.1) is 11.3 Å².